The number of ether oxygens (including phenoxy) is 2. The van der Waals surface area contributed by atoms with Gasteiger partial charge in [0.25, 0.3) is 0 Å². The minimum atomic E-state index is 0.204. The molecule has 0 saturated carbocycles. The zero-order valence-electron chi connectivity index (χ0n) is 14.5. The Kier molecular flexibility index (Phi) is 4.19. The first kappa shape index (κ1) is 15.5. The molecular weight excluding hydrogens is 298 g/mol. The zero-order chi connectivity index (χ0) is 16.5. The SMILES string of the molecule is CCN1CCc2cc(OC3CCOC3)ccc2-c2cc(C)ccc21. The van der Waals surface area contributed by atoms with Crippen molar-refractivity contribution in [3.05, 3.63) is 47.5 Å². The molecule has 0 radical (unpaired) electrons. The van der Waals surface area contributed by atoms with E-state index in [0.29, 0.717) is 6.61 Å². The van der Waals surface area contributed by atoms with Crippen molar-refractivity contribution in [3.63, 3.8) is 0 Å². The maximum Gasteiger partial charge on any atom is 0.124 e. The van der Waals surface area contributed by atoms with Crippen molar-refractivity contribution in [2.45, 2.75) is 32.8 Å². The standard InChI is InChI=1S/C21H25NO2/c1-3-22-10-8-16-13-17(24-18-9-11-23-14-18)5-6-19(16)20-12-15(2)4-7-21(20)22/h4-7,12-13,18H,3,8-11,14H2,1-2H3. The maximum absolute atomic E-state index is 6.11. The number of fused-ring (bicyclic) bond motifs is 3. The van der Waals surface area contributed by atoms with Crippen LogP contribution in [-0.4, -0.2) is 32.4 Å². The van der Waals surface area contributed by atoms with Crippen molar-refractivity contribution in [1.29, 1.82) is 0 Å². The summed E-state index contributed by atoms with van der Waals surface area (Å²) in [4.78, 5) is 2.47. The van der Waals surface area contributed by atoms with Gasteiger partial charge in [-0.2, -0.15) is 0 Å². The molecule has 0 amide bonds. The molecule has 0 spiro atoms. The predicted molar refractivity (Wildman–Crippen MR) is 98.1 cm³/mol. The van der Waals surface area contributed by atoms with Gasteiger partial charge in [-0.05, 0) is 55.7 Å². The summed E-state index contributed by atoms with van der Waals surface area (Å²) >= 11 is 0. The number of rotatable bonds is 3. The van der Waals surface area contributed by atoms with Gasteiger partial charge in [0.05, 0.1) is 13.2 Å². The first-order valence-corrected chi connectivity index (χ1v) is 8.98. The average Bonchev–Trinajstić information content (AvgIpc) is 3.04. The second-order valence-corrected chi connectivity index (χ2v) is 6.77. The van der Waals surface area contributed by atoms with Gasteiger partial charge >= 0.3 is 0 Å². The lowest BCUT2D eigenvalue weighted by Crippen LogP contribution is -2.24. The van der Waals surface area contributed by atoms with E-state index >= 15 is 0 Å². The molecule has 2 aliphatic heterocycles. The molecule has 126 valence electrons. The van der Waals surface area contributed by atoms with Crippen LogP contribution in [0.1, 0.15) is 24.5 Å². The van der Waals surface area contributed by atoms with E-state index in [1.807, 2.05) is 0 Å². The van der Waals surface area contributed by atoms with Crippen molar-refractivity contribution in [2.24, 2.45) is 0 Å². The number of nitrogens with zero attached hydrogens (tertiary/aromatic N) is 1. The molecule has 3 nitrogen and oxygen atoms in total. The first-order valence-electron chi connectivity index (χ1n) is 8.98. The van der Waals surface area contributed by atoms with Gasteiger partial charge in [0.15, 0.2) is 0 Å². The summed E-state index contributed by atoms with van der Waals surface area (Å²) < 4.78 is 11.5. The number of aryl methyl sites for hydroxylation is 1. The Balaban J connectivity index is 1.72. The molecule has 3 heteroatoms. The molecule has 2 aliphatic rings. The molecular formula is C21H25NO2. The van der Waals surface area contributed by atoms with E-state index in [4.69, 9.17) is 9.47 Å². The van der Waals surface area contributed by atoms with Gasteiger partial charge in [0.2, 0.25) is 0 Å². The third-order valence-electron chi connectivity index (χ3n) is 5.08. The van der Waals surface area contributed by atoms with Crippen LogP contribution in [0.25, 0.3) is 11.1 Å². The van der Waals surface area contributed by atoms with E-state index in [2.05, 4.69) is 55.1 Å². The molecule has 0 aromatic heterocycles. The maximum atomic E-state index is 6.11. The Bertz CT molecular complexity index is 735. The van der Waals surface area contributed by atoms with Crippen molar-refractivity contribution < 1.29 is 9.47 Å². The molecule has 0 bridgehead atoms. The number of hydrogen-bond donors (Lipinski definition) is 0. The zero-order valence-corrected chi connectivity index (χ0v) is 14.5. The largest absolute Gasteiger partial charge is 0.488 e. The molecule has 24 heavy (non-hydrogen) atoms. The Labute approximate surface area is 144 Å². The lowest BCUT2D eigenvalue weighted by Gasteiger charge is -2.23. The Hall–Kier alpha value is -2.00. The third kappa shape index (κ3) is 2.89. The van der Waals surface area contributed by atoms with Gasteiger partial charge in [-0.15, -0.1) is 0 Å². The fraction of sp³-hybridized carbons (Fsp3) is 0.429. The lowest BCUT2D eigenvalue weighted by atomic mass is 9.96. The van der Waals surface area contributed by atoms with Gasteiger partial charge in [-0.1, -0.05) is 17.7 Å². The lowest BCUT2D eigenvalue weighted by molar-refractivity contribution is 0.141. The minimum absolute atomic E-state index is 0.204. The summed E-state index contributed by atoms with van der Waals surface area (Å²) in [5.41, 5.74) is 6.73. The minimum Gasteiger partial charge on any atom is -0.488 e. The summed E-state index contributed by atoms with van der Waals surface area (Å²) in [5.74, 6) is 0.975. The number of benzene rings is 2. The van der Waals surface area contributed by atoms with Crippen LogP contribution in [0.4, 0.5) is 5.69 Å². The van der Waals surface area contributed by atoms with E-state index in [1.54, 1.807) is 0 Å². The summed E-state index contributed by atoms with van der Waals surface area (Å²) in [6, 6.07) is 13.4. The van der Waals surface area contributed by atoms with E-state index in [1.165, 1.54) is 27.9 Å². The number of hydrogen-bond acceptors (Lipinski definition) is 3. The quantitative estimate of drug-likeness (QED) is 0.844. The van der Waals surface area contributed by atoms with Crippen LogP contribution in [0.3, 0.4) is 0 Å². The highest BCUT2D eigenvalue weighted by molar-refractivity contribution is 5.82. The predicted octanol–water partition coefficient (Wildman–Crippen LogP) is 4.21. The van der Waals surface area contributed by atoms with Crippen LogP contribution in [0.15, 0.2) is 36.4 Å². The molecule has 2 aromatic rings. The van der Waals surface area contributed by atoms with Gasteiger partial charge in [-0.25, -0.2) is 0 Å². The number of anilines is 1. The van der Waals surface area contributed by atoms with Gasteiger partial charge in [0, 0.05) is 30.8 Å². The van der Waals surface area contributed by atoms with Crippen LogP contribution < -0.4 is 9.64 Å². The summed E-state index contributed by atoms with van der Waals surface area (Å²) in [6.45, 7) is 8.01. The molecule has 1 fully saturated rings. The fourth-order valence-corrected chi connectivity index (χ4v) is 3.76. The molecule has 4 rings (SSSR count). The Morgan fingerprint density at radius 3 is 2.88 bits per heavy atom. The fourth-order valence-electron chi connectivity index (χ4n) is 3.76. The molecule has 1 atom stereocenters. The van der Waals surface area contributed by atoms with E-state index in [-0.39, 0.29) is 6.10 Å². The van der Waals surface area contributed by atoms with E-state index < -0.39 is 0 Å². The van der Waals surface area contributed by atoms with Crippen molar-refractivity contribution in [2.75, 3.05) is 31.2 Å². The summed E-state index contributed by atoms with van der Waals surface area (Å²) in [7, 11) is 0. The molecule has 2 heterocycles. The van der Waals surface area contributed by atoms with Gasteiger partial charge in [0.1, 0.15) is 11.9 Å². The van der Waals surface area contributed by atoms with Crippen LogP contribution in [0.2, 0.25) is 0 Å². The second kappa shape index (κ2) is 6.48. The van der Waals surface area contributed by atoms with Crippen LogP contribution >= 0.6 is 0 Å². The Morgan fingerprint density at radius 1 is 1.17 bits per heavy atom. The van der Waals surface area contributed by atoms with Crippen LogP contribution in [-0.2, 0) is 11.2 Å². The Morgan fingerprint density at radius 2 is 2.08 bits per heavy atom. The molecule has 2 aromatic carbocycles. The van der Waals surface area contributed by atoms with Crippen LogP contribution in [0, 0.1) is 6.92 Å². The van der Waals surface area contributed by atoms with E-state index in [9.17, 15) is 0 Å². The average molecular weight is 323 g/mol. The molecule has 1 unspecified atom stereocenters. The van der Waals surface area contributed by atoms with Crippen LogP contribution in [0.5, 0.6) is 5.75 Å². The highest BCUT2D eigenvalue weighted by Gasteiger charge is 2.21. The van der Waals surface area contributed by atoms with Crippen molar-refractivity contribution >= 4 is 5.69 Å². The normalized spacial score (nSPS) is 19.6. The molecule has 1 saturated heterocycles. The summed E-state index contributed by atoms with van der Waals surface area (Å²) in [6.07, 6.45) is 2.24. The molecule has 0 N–H and O–H groups in total. The topological polar surface area (TPSA) is 21.7 Å². The summed E-state index contributed by atoms with van der Waals surface area (Å²) in [5, 5.41) is 0. The van der Waals surface area contributed by atoms with Gasteiger partial charge in [-0.3, -0.25) is 0 Å². The monoisotopic (exact) mass is 323 g/mol. The molecule has 0 aliphatic carbocycles. The van der Waals surface area contributed by atoms with Crippen molar-refractivity contribution in [1.82, 2.24) is 0 Å². The van der Waals surface area contributed by atoms with Crippen molar-refractivity contribution in [3.8, 4) is 16.9 Å². The number of likely N-dealkylation sites (N-methyl/N-ethyl adjacent to an activating group) is 1. The van der Waals surface area contributed by atoms with E-state index in [0.717, 1.165) is 38.3 Å². The third-order valence-corrected chi connectivity index (χ3v) is 5.08. The second-order valence-electron chi connectivity index (χ2n) is 6.77. The highest BCUT2D eigenvalue weighted by atomic mass is 16.5. The van der Waals surface area contributed by atoms with Gasteiger partial charge < -0.3 is 14.4 Å². The smallest absolute Gasteiger partial charge is 0.124 e. The highest BCUT2D eigenvalue weighted by Crippen LogP contribution is 2.38. The first-order chi connectivity index (χ1) is 11.7.